The lowest BCUT2D eigenvalue weighted by Gasteiger charge is -2.12. The normalized spacial score (nSPS) is 12.7. The van der Waals surface area contributed by atoms with Gasteiger partial charge in [-0.05, 0) is 51.8 Å². The molecule has 1 aromatic carbocycles. The van der Waals surface area contributed by atoms with Gasteiger partial charge in [0, 0.05) is 36.1 Å². The van der Waals surface area contributed by atoms with Crippen molar-refractivity contribution in [3.05, 3.63) is 68.6 Å². The fourth-order valence-corrected chi connectivity index (χ4v) is 4.30. The molecule has 8 nitrogen and oxygen atoms in total. The summed E-state index contributed by atoms with van der Waals surface area (Å²) in [5.41, 5.74) is 5.57. The first-order chi connectivity index (χ1) is 16.3. The van der Waals surface area contributed by atoms with Crippen LogP contribution in [0.3, 0.4) is 0 Å². The fraction of sp³-hybridized carbons (Fsp3) is 0.280. The second-order valence-corrected chi connectivity index (χ2v) is 9.04. The molecule has 0 saturated heterocycles. The SMILES string of the molecule is C/C=c1/sc(NC(=O)NCCc2cnc[nH]2)n/c1=C/C=C(\C)C(=O)Nc1c(C)cc(C)cc1C. The molecule has 3 amide bonds. The first kappa shape index (κ1) is 24.9. The Morgan fingerprint density at radius 2 is 1.88 bits per heavy atom. The lowest BCUT2D eigenvalue weighted by molar-refractivity contribution is -0.112. The van der Waals surface area contributed by atoms with Crippen LogP contribution in [0.1, 0.15) is 36.2 Å². The van der Waals surface area contributed by atoms with Gasteiger partial charge in [0.1, 0.15) is 0 Å². The molecular weight excluding hydrogens is 448 g/mol. The van der Waals surface area contributed by atoms with Crippen LogP contribution in [0.15, 0.2) is 36.3 Å². The molecule has 2 heterocycles. The molecule has 3 rings (SSSR count). The predicted octanol–water partition coefficient (Wildman–Crippen LogP) is 3.32. The van der Waals surface area contributed by atoms with Gasteiger partial charge in [-0.3, -0.25) is 10.1 Å². The summed E-state index contributed by atoms with van der Waals surface area (Å²) in [4.78, 5) is 36.4. The number of amides is 3. The number of aromatic nitrogens is 3. The zero-order valence-corrected chi connectivity index (χ0v) is 20.9. The van der Waals surface area contributed by atoms with E-state index in [2.05, 4.69) is 43.0 Å². The van der Waals surface area contributed by atoms with Crippen LogP contribution in [0.2, 0.25) is 0 Å². The summed E-state index contributed by atoms with van der Waals surface area (Å²) in [6, 6.07) is 3.78. The van der Waals surface area contributed by atoms with E-state index in [0.717, 1.165) is 32.6 Å². The van der Waals surface area contributed by atoms with Gasteiger partial charge >= 0.3 is 6.03 Å². The van der Waals surface area contributed by atoms with E-state index in [4.69, 9.17) is 0 Å². The van der Waals surface area contributed by atoms with Crippen molar-refractivity contribution >= 4 is 46.2 Å². The van der Waals surface area contributed by atoms with Crippen LogP contribution in [0, 0.1) is 20.8 Å². The summed E-state index contributed by atoms with van der Waals surface area (Å²) < 4.78 is 0.905. The highest BCUT2D eigenvalue weighted by atomic mass is 32.1. The van der Waals surface area contributed by atoms with Gasteiger partial charge < -0.3 is 15.6 Å². The van der Waals surface area contributed by atoms with Crippen LogP contribution < -0.4 is 25.8 Å². The number of anilines is 2. The van der Waals surface area contributed by atoms with Crippen LogP contribution >= 0.6 is 11.3 Å². The summed E-state index contributed by atoms with van der Waals surface area (Å²) in [7, 11) is 0. The molecule has 0 bridgehead atoms. The molecule has 34 heavy (non-hydrogen) atoms. The van der Waals surface area contributed by atoms with Crippen LogP contribution in [-0.4, -0.2) is 33.4 Å². The number of aryl methyl sites for hydroxylation is 3. The molecule has 0 aliphatic rings. The van der Waals surface area contributed by atoms with E-state index in [-0.39, 0.29) is 11.9 Å². The Morgan fingerprint density at radius 1 is 1.15 bits per heavy atom. The minimum Gasteiger partial charge on any atom is -0.348 e. The minimum atomic E-state index is -0.322. The molecule has 0 aliphatic heterocycles. The zero-order valence-electron chi connectivity index (χ0n) is 20.1. The third kappa shape index (κ3) is 6.64. The number of carbonyl (C=O) groups excluding carboxylic acids is 2. The average molecular weight is 479 g/mol. The maximum Gasteiger partial charge on any atom is 0.321 e. The number of carbonyl (C=O) groups is 2. The second-order valence-electron chi connectivity index (χ2n) is 8.01. The van der Waals surface area contributed by atoms with E-state index in [1.807, 2.05) is 33.8 Å². The summed E-state index contributed by atoms with van der Waals surface area (Å²) in [5, 5.41) is 9.75. The summed E-state index contributed by atoms with van der Waals surface area (Å²) in [6.07, 6.45) is 9.45. The molecule has 2 aromatic heterocycles. The van der Waals surface area contributed by atoms with Gasteiger partial charge in [-0.15, -0.1) is 0 Å². The molecule has 0 fully saturated rings. The highest BCUT2D eigenvalue weighted by Crippen LogP contribution is 2.22. The standard InChI is InChI=1S/C25H30N6O2S/c1-6-21-20(29-25(34-21)31-24(33)27-10-9-19-13-26-14-28-19)8-7-16(3)23(32)30-22-17(4)11-15(2)12-18(22)5/h6-8,11-14H,9-10H2,1-5H3,(H,26,28)(H,30,32)(H2,27,29,31,33)/b16-7+,20-8+,21-6+. The molecule has 0 atom stereocenters. The number of rotatable bonds is 7. The smallest absolute Gasteiger partial charge is 0.321 e. The topological polar surface area (TPSA) is 112 Å². The van der Waals surface area contributed by atoms with Crippen molar-refractivity contribution in [2.45, 2.75) is 41.0 Å². The van der Waals surface area contributed by atoms with E-state index in [9.17, 15) is 9.59 Å². The zero-order chi connectivity index (χ0) is 24.7. The van der Waals surface area contributed by atoms with Gasteiger partial charge in [0.2, 0.25) is 0 Å². The maximum atomic E-state index is 12.7. The Balaban J connectivity index is 1.66. The summed E-state index contributed by atoms with van der Waals surface area (Å²) in [5.74, 6) is -0.168. The quantitative estimate of drug-likeness (QED) is 0.390. The van der Waals surface area contributed by atoms with Gasteiger partial charge in [-0.2, -0.15) is 0 Å². The number of nitrogens with one attached hydrogen (secondary N) is 4. The first-order valence-electron chi connectivity index (χ1n) is 11.0. The summed E-state index contributed by atoms with van der Waals surface area (Å²) >= 11 is 1.37. The molecule has 178 valence electrons. The van der Waals surface area contributed by atoms with Gasteiger partial charge in [0.05, 0.1) is 16.2 Å². The van der Waals surface area contributed by atoms with E-state index in [1.165, 1.54) is 11.3 Å². The number of nitrogens with zero attached hydrogens (tertiary/aromatic N) is 2. The van der Waals surface area contributed by atoms with Crippen molar-refractivity contribution in [2.24, 2.45) is 0 Å². The Labute approximate surface area is 202 Å². The molecule has 4 N–H and O–H groups in total. The largest absolute Gasteiger partial charge is 0.348 e. The molecule has 0 radical (unpaired) electrons. The number of aromatic amines is 1. The number of imidazole rings is 1. The number of hydrogen-bond donors (Lipinski definition) is 4. The van der Waals surface area contributed by atoms with Gasteiger partial charge in [0.25, 0.3) is 5.91 Å². The number of urea groups is 1. The van der Waals surface area contributed by atoms with Crippen molar-refractivity contribution in [3.8, 4) is 0 Å². The predicted molar refractivity (Wildman–Crippen MR) is 138 cm³/mol. The number of hydrogen-bond acceptors (Lipinski definition) is 5. The molecule has 0 unspecified atom stereocenters. The lowest BCUT2D eigenvalue weighted by atomic mass is 10.0. The first-order valence-corrected chi connectivity index (χ1v) is 11.8. The number of thiazole rings is 1. The van der Waals surface area contributed by atoms with Crippen LogP contribution in [-0.2, 0) is 11.2 Å². The fourth-order valence-electron chi connectivity index (χ4n) is 3.47. The minimum absolute atomic E-state index is 0.168. The van der Waals surface area contributed by atoms with Crippen molar-refractivity contribution in [3.63, 3.8) is 0 Å². The Hall–Kier alpha value is -3.72. The van der Waals surface area contributed by atoms with Gasteiger partial charge in [-0.1, -0.05) is 41.2 Å². The molecule has 9 heteroatoms. The Kier molecular flexibility index (Phi) is 8.37. The molecule has 0 spiro atoms. The van der Waals surface area contributed by atoms with Crippen molar-refractivity contribution in [2.75, 3.05) is 17.2 Å². The van der Waals surface area contributed by atoms with Gasteiger partial charge in [0.15, 0.2) is 5.13 Å². The highest BCUT2D eigenvalue weighted by molar-refractivity contribution is 7.13. The van der Waals surface area contributed by atoms with E-state index in [0.29, 0.717) is 29.0 Å². The number of allylic oxidation sites excluding steroid dienone is 1. The van der Waals surface area contributed by atoms with E-state index < -0.39 is 0 Å². The van der Waals surface area contributed by atoms with E-state index in [1.54, 1.807) is 31.6 Å². The third-order valence-electron chi connectivity index (χ3n) is 5.16. The van der Waals surface area contributed by atoms with Crippen LogP contribution in [0.5, 0.6) is 0 Å². The third-order valence-corrected chi connectivity index (χ3v) is 6.21. The molecular formula is C25H30N6O2S. The maximum absolute atomic E-state index is 12.7. The second kappa shape index (κ2) is 11.4. The molecule has 0 saturated carbocycles. The molecule has 0 aliphatic carbocycles. The van der Waals surface area contributed by atoms with Crippen molar-refractivity contribution < 1.29 is 9.59 Å². The van der Waals surface area contributed by atoms with Crippen molar-refractivity contribution in [1.29, 1.82) is 0 Å². The van der Waals surface area contributed by atoms with E-state index >= 15 is 0 Å². The number of benzene rings is 1. The van der Waals surface area contributed by atoms with Gasteiger partial charge in [-0.25, -0.2) is 14.8 Å². The van der Waals surface area contributed by atoms with Crippen LogP contribution in [0.25, 0.3) is 12.2 Å². The highest BCUT2D eigenvalue weighted by Gasteiger charge is 2.10. The summed E-state index contributed by atoms with van der Waals surface area (Å²) in [6.45, 7) is 10.2. The monoisotopic (exact) mass is 478 g/mol. The lowest BCUT2D eigenvalue weighted by Crippen LogP contribution is -2.30. The number of H-pyrrole nitrogens is 1. The average Bonchev–Trinajstić information content (AvgIpc) is 3.43. The van der Waals surface area contributed by atoms with Crippen molar-refractivity contribution in [1.82, 2.24) is 20.3 Å². The Bertz CT molecular complexity index is 1300. The van der Waals surface area contributed by atoms with Crippen LogP contribution in [0.4, 0.5) is 15.6 Å². The molecule has 3 aromatic rings. The Morgan fingerprint density at radius 3 is 2.53 bits per heavy atom.